The molecule has 2 N–H and O–H groups in total. The van der Waals surface area contributed by atoms with Crippen molar-refractivity contribution in [2.75, 3.05) is 40.3 Å². The summed E-state index contributed by atoms with van der Waals surface area (Å²) >= 11 is 0. The number of hydrogen-bond acceptors (Lipinski definition) is 4. The predicted octanol–water partition coefficient (Wildman–Crippen LogP) is 2.84. The number of carbonyl (C=O) groups is 1. The first kappa shape index (κ1) is 24.3. The fourth-order valence-electron chi connectivity index (χ4n) is 3.11. The van der Waals surface area contributed by atoms with Crippen molar-refractivity contribution in [1.82, 2.24) is 20.4 Å². The summed E-state index contributed by atoms with van der Waals surface area (Å²) in [6.45, 7) is 17.6. The fourth-order valence-corrected chi connectivity index (χ4v) is 3.11. The Bertz CT molecular complexity index is 533. The highest BCUT2D eigenvalue weighted by atomic mass is 16.6. The molecule has 1 saturated heterocycles. The minimum Gasteiger partial charge on any atom is -0.444 e. The van der Waals surface area contributed by atoms with E-state index < -0.39 is 5.60 Å². The second-order valence-corrected chi connectivity index (χ2v) is 8.88. The van der Waals surface area contributed by atoms with Crippen LogP contribution < -0.4 is 10.6 Å². The maximum Gasteiger partial charge on any atom is 0.410 e. The molecule has 7 nitrogen and oxygen atoms in total. The number of carbonyl (C=O) groups excluding carboxylic acids is 1. The number of nitrogens with one attached hydrogen (secondary N) is 2. The molecule has 1 heterocycles. The molecule has 0 aliphatic carbocycles. The van der Waals surface area contributed by atoms with E-state index in [4.69, 9.17) is 4.74 Å². The number of guanidine groups is 1. The van der Waals surface area contributed by atoms with Gasteiger partial charge in [0.2, 0.25) is 0 Å². The third kappa shape index (κ3) is 9.44. The molecule has 0 aromatic rings. The zero-order valence-electron chi connectivity index (χ0n) is 19.0. The van der Waals surface area contributed by atoms with Crippen molar-refractivity contribution in [3.05, 3.63) is 12.2 Å². The van der Waals surface area contributed by atoms with E-state index in [9.17, 15) is 4.79 Å². The third-order valence-corrected chi connectivity index (χ3v) is 4.84. The summed E-state index contributed by atoms with van der Waals surface area (Å²) in [5.41, 5.74) is 0.740. The summed E-state index contributed by atoms with van der Waals surface area (Å²) in [5.74, 6) is 0.825. The SMILES string of the molecule is C=C(C)CN1CCC(NC(=NC)NCCC(C)N(C)C(=O)OC(C)(C)C)CC1. The minimum absolute atomic E-state index is 0.0748. The minimum atomic E-state index is -0.477. The average Bonchev–Trinajstić information content (AvgIpc) is 2.59. The zero-order chi connectivity index (χ0) is 21.3. The number of amides is 1. The van der Waals surface area contributed by atoms with Gasteiger partial charge in [0.1, 0.15) is 5.60 Å². The van der Waals surface area contributed by atoms with Crippen molar-refractivity contribution < 1.29 is 9.53 Å². The molecule has 1 atom stereocenters. The summed E-state index contributed by atoms with van der Waals surface area (Å²) in [5, 5.41) is 6.89. The molecule has 1 amide bonds. The number of nitrogens with zero attached hydrogens (tertiary/aromatic N) is 3. The Labute approximate surface area is 171 Å². The topological polar surface area (TPSA) is 69.2 Å². The number of ether oxygens (including phenoxy) is 1. The highest BCUT2D eigenvalue weighted by Gasteiger charge is 2.23. The summed E-state index contributed by atoms with van der Waals surface area (Å²) in [6.07, 6.45) is 2.73. The number of hydrogen-bond donors (Lipinski definition) is 2. The normalized spacial score (nSPS) is 17.8. The molecule has 1 rings (SSSR count). The molecule has 162 valence electrons. The van der Waals surface area contributed by atoms with Crippen LogP contribution in [-0.4, -0.2) is 79.8 Å². The maximum atomic E-state index is 12.1. The van der Waals surface area contributed by atoms with Gasteiger partial charge >= 0.3 is 6.09 Å². The van der Waals surface area contributed by atoms with Crippen LogP contribution in [0, 0.1) is 0 Å². The van der Waals surface area contributed by atoms with E-state index in [0.717, 1.165) is 51.4 Å². The predicted molar refractivity (Wildman–Crippen MR) is 117 cm³/mol. The summed E-state index contributed by atoms with van der Waals surface area (Å²) in [6, 6.07) is 0.514. The van der Waals surface area contributed by atoms with Crippen LogP contribution in [0.3, 0.4) is 0 Å². The van der Waals surface area contributed by atoms with E-state index in [2.05, 4.69) is 34.0 Å². The van der Waals surface area contributed by atoms with Crippen molar-refractivity contribution in [2.45, 2.75) is 71.6 Å². The van der Waals surface area contributed by atoms with Crippen molar-refractivity contribution >= 4 is 12.1 Å². The molecule has 0 spiro atoms. The monoisotopic (exact) mass is 395 g/mol. The summed E-state index contributed by atoms with van der Waals surface area (Å²) in [4.78, 5) is 20.6. The number of piperidine rings is 1. The Morgan fingerprint density at radius 2 is 1.96 bits per heavy atom. The zero-order valence-corrected chi connectivity index (χ0v) is 19.0. The van der Waals surface area contributed by atoms with E-state index in [1.54, 1.807) is 19.0 Å². The quantitative estimate of drug-likeness (QED) is 0.394. The second-order valence-electron chi connectivity index (χ2n) is 8.88. The smallest absolute Gasteiger partial charge is 0.410 e. The lowest BCUT2D eigenvalue weighted by molar-refractivity contribution is 0.0230. The first-order valence-corrected chi connectivity index (χ1v) is 10.3. The van der Waals surface area contributed by atoms with Gasteiger partial charge in [-0.3, -0.25) is 9.89 Å². The van der Waals surface area contributed by atoms with Crippen LogP contribution in [0.25, 0.3) is 0 Å². The van der Waals surface area contributed by atoms with Gasteiger partial charge in [-0.25, -0.2) is 4.79 Å². The van der Waals surface area contributed by atoms with Gasteiger partial charge in [0.15, 0.2) is 5.96 Å². The van der Waals surface area contributed by atoms with E-state index in [-0.39, 0.29) is 12.1 Å². The molecular formula is C21H41N5O2. The largest absolute Gasteiger partial charge is 0.444 e. The molecule has 0 bridgehead atoms. The molecule has 1 aliphatic heterocycles. The molecule has 7 heteroatoms. The molecular weight excluding hydrogens is 354 g/mol. The van der Waals surface area contributed by atoms with Gasteiger partial charge in [0, 0.05) is 52.4 Å². The van der Waals surface area contributed by atoms with Crippen LogP contribution in [0.5, 0.6) is 0 Å². The van der Waals surface area contributed by atoms with E-state index in [1.165, 1.54) is 5.57 Å². The van der Waals surface area contributed by atoms with Gasteiger partial charge in [-0.2, -0.15) is 0 Å². The number of likely N-dealkylation sites (tertiary alicyclic amines) is 1. The van der Waals surface area contributed by atoms with Crippen molar-refractivity contribution in [3.63, 3.8) is 0 Å². The van der Waals surface area contributed by atoms with Crippen molar-refractivity contribution in [3.8, 4) is 0 Å². The van der Waals surface area contributed by atoms with Crippen molar-refractivity contribution in [2.24, 2.45) is 4.99 Å². The average molecular weight is 396 g/mol. The van der Waals surface area contributed by atoms with Crippen LogP contribution >= 0.6 is 0 Å². The Balaban J connectivity index is 2.33. The molecule has 0 aromatic carbocycles. The van der Waals surface area contributed by atoms with E-state index in [1.807, 2.05) is 27.7 Å². The number of rotatable bonds is 7. The van der Waals surface area contributed by atoms with E-state index >= 15 is 0 Å². The standard InChI is InChI=1S/C21H41N5O2/c1-16(2)15-26-13-10-18(11-14-26)24-19(22-7)23-12-9-17(3)25(8)20(27)28-21(4,5)6/h17-18H,1,9-15H2,2-8H3,(H2,22,23,24). The van der Waals surface area contributed by atoms with Gasteiger partial charge in [-0.05, 0) is 53.9 Å². The first-order valence-electron chi connectivity index (χ1n) is 10.3. The van der Waals surface area contributed by atoms with Crippen LogP contribution in [-0.2, 0) is 4.74 Å². The third-order valence-electron chi connectivity index (χ3n) is 4.84. The second kappa shape index (κ2) is 11.3. The lowest BCUT2D eigenvalue weighted by Gasteiger charge is -2.33. The molecule has 1 fully saturated rings. The summed E-state index contributed by atoms with van der Waals surface area (Å²) in [7, 11) is 3.58. The highest BCUT2D eigenvalue weighted by Crippen LogP contribution is 2.12. The van der Waals surface area contributed by atoms with Gasteiger partial charge in [0.25, 0.3) is 0 Å². The fraction of sp³-hybridized carbons (Fsp3) is 0.810. The highest BCUT2D eigenvalue weighted by molar-refractivity contribution is 5.79. The number of aliphatic imine (C=N–C) groups is 1. The lowest BCUT2D eigenvalue weighted by atomic mass is 10.0. The van der Waals surface area contributed by atoms with Gasteiger partial charge in [0.05, 0.1) is 0 Å². The molecule has 0 radical (unpaired) electrons. The van der Waals surface area contributed by atoms with Crippen LogP contribution in [0.1, 0.15) is 53.9 Å². The molecule has 0 aromatic heterocycles. The van der Waals surface area contributed by atoms with Gasteiger partial charge in [-0.1, -0.05) is 12.2 Å². The maximum absolute atomic E-state index is 12.1. The van der Waals surface area contributed by atoms with Crippen LogP contribution in [0.15, 0.2) is 17.1 Å². The van der Waals surface area contributed by atoms with E-state index in [0.29, 0.717) is 6.04 Å². The van der Waals surface area contributed by atoms with Gasteiger partial charge < -0.3 is 20.3 Å². The molecule has 1 aliphatic rings. The van der Waals surface area contributed by atoms with Crippen LogP contribution in [0.4, 0.5) is 4.79 Å². The Morgan fingerprint density at radius 1 is 1.36 bits per heavy atom. The van der Waals surface area contributed by atoms with Gasteiger partial charge in [-0.15, -0.1) is 0 Å². The van der Waals surface area contributed by atoms with Crippen LogP contribution in [0.2, 0.25) is 0 Å². The Kier molecular flexibility index (Phi) is 9.79. The Morgan fingerprint density at radius 3 is 2.46 bits per heavy atom. The lowest BCUT2D eigenvalue weighted by Crippen LogP contribution is -2.49. The Hall–Kier alpha value is -1.76. The summed E-state index contributed by atoms with van der Waals surface area (Å²) < 4.78 is 5.42. The van der Waals surface area contributed by atoms with Crippen molar-refractivity contribution in [1.29, 1.82) is 0 Å². The molecule has 1 unspecified atom stereocenters. The first-order chi connectivity index (χ1) is 13.0. The molecule has 0 saturated carbocycles. The molecule has 28 heavy (non-hydrogen) atoms.